The van der Waals surface area contributed by atoms with Crippen LogP contribution in [0.15, 0.2) is 18.2 Å². The normalized spacial score (nSPS) is 10.2. The van der Waals surface area contributed by atoms with Crippen molar-refractivity contribution in [3.05, 3.63) is 34.1 Å². The Labute approximate surface area is 98.3 Å². The van der Waals surface area contributed by atoms with Crippen molar-refractivity contribution in [2.45, 2.75) is 12.8 Å². The predicted octanol–water partition coefficient (Wildman–Crippen LogP) is 2.54. The molecule has 0 N–H and O–H groups in total. The van der Waals surface area contributed by atoms with Crippen LogP contribution in [0.25, 0.3) is 0 Å². The minimum Gasteiger partial charge on any atom is -0.493 e. The molecule has 0 fully saturated rings. The summed E-state index contributed by atoms with van der Waals surface area (Å²) in [7, 11) is 1.62. The lowest BCUT2D eigenvalue weighted by Gasteiger charge is -2.05. The Balaban J connectivity index is 2.45. The second kappa shape index (κ2) is 6.80. The zero-order chi connectivity index (χ0) is 12.7. The smallest absolute Gasteiger partial charge is 0.305 e. The van der Waals surface area contributed by atoms with Gasteiger partial charge in [-0.1, -0.05) is 0 Å². The number of methoxy groups -OCH3 is 1. The van der Waals surface area contributed by atoms with E-state index in [1.807, 2.05) is 0 Å². The van der Waals surface area contributed by atoms with Gasteiger partial charge >= 0.3 is 5.69 Å². The standard InChI is InChI=1S/C11H14FNO4/c1-16-6-2-3-7-17-9-4-5-11(13(14)15)10(12)8-9/h4-5,8H,2-3,6-7H2,1H3. The van der Waals surface area contributed by atoms with E-state index >= 15 is 0 Å². The van der Waals surface area contributed by atoms with Crippen LogP contribution in [0, 0.1) is 15.9 Å². The van der Waals surface area contributed by atoms with Crippen LogP contribution in [0.3, 0.4) is 0 Å². The Hall–Kier alpha value is -1.69. The van der Waals surface area contributed by atoms with Gasteiger partial charge in [0.25, 0.3) is 0 Å². The molecule has 0 aliphatic rings. The highest BCUT2D eigenvalue weighted by Gasteiger charge is 2.13. The largest absolute Gasteiger partial charge is 0.493 e. The van der Waals surface area contributed by atoms with Crippen molar-refractivity contribution in [3.8, 4) is 5.75 Å². The second-order valence-corrected chi connectivity index (χ2v) is 3.42. The third kappa shape index (κ3) is 4.36. The number of nitrogens with zero attached hydrogens (tertiary/aromatic N) is 1. The summed E-state index contributed by atoms with van der Waals surface area (Å²) in [5.41, 5.74) is -0.545. The van der Waals surface area contributed by atoms with E-state index in [0.717, 1.165) is 25.0 Å². The molecule has 0 saturated carbocycles. The topological polar surface area (TPSA) is 61.6 Å². The van der Waals surface area contributed by atoms with E-state index in [9.17, 15) is 14.5 Å². The number of halogens is 1. The van der Waals surface area contributed by atoms with Gasteiger partial charge in [0.1, 0.15) is 5.75 Å². The lowest BCUT2D eigenvalue weighted by atomic mass is 10.3. The number of unbranched alkanes of at least 4 members (excludes halogenated alkanes) is 1. The van der Waals surface area contributed by atoms with Gasteiger partial charge in [-0.25, -0.2) is 0 Å². The van der Waals surface area contributed by atoms with E-state index in [-0.39, 0.29) is 0 Å². The lowest BCUT2D eigenvalue weighted by molar-refractivity contribution is -0.387. The third-order valence-electron chi connectivity index (χ3n) is 2.13. The maximum Gasteiger partial charge on any atom is 0.305 e. The molecule has 0 saturated heterocycles. The van der Waals surface area contributed by atoms with Gasteiger partial charge in [-0.3, -0.25) is 10.1 Å². The van der Waals surface area contributed by atoms with Gasteiger partial charge in [0.05, 0.1) is 11.5 Å². The van der Waals surface area contributed by atoms with Crippen molar-refractivity contribution in [1.29, 1.82) is 0 Å². The molecule has 94 valence electrons. The first kappa shape index (κ1) is 13.4. The first-order valence-corrected chi connectivity index (χ1v) is 5.21. The van der Waals surface area contributed by atoms with Gasteiger partial charge in [-0.05, 0) is 18.9 Å². The molecule has 1 rings (SSSR count). The van der Waals surface area contributed by atoms with E-state index in [0.29, 0.717) is 19.0 Å². The zero-order valence-corrected chi connectivity index (χ0v) is 9.52. The number of ether oxygens (including phenoxy) is 2. The quantitative estimate of drug-likeness (QED) is 0.419. The number of hydrogen-bond acceptors (Lipinski definition) is 4. The first-order valence-electron chi connectivity index (χ1n) is 5.21. The van der Waals surface area contributed by atoms with Crippen LogP contribution < -0.4 is 4.74 Å². The molecule has 0 bridgehead atoms. The summed E-state index contributed by atoms with van der Waals surface area (Å²) >= 11 is 0. The molecule has 0 radical (unpaired) electrons. The highest BCUT2D eigenvalue weighted by Crippen LogP contribution is 2.22. The molecule has 0 heterocycles. The number of benzene rings is 1. The summed E-state index contributed by atoms with van der Waals surface area (Å²) in [4.78, 5) is 9.61. The SMILES string of the molecule is COCCCCOc1ccc([N+](=O)[O-])c(F)c1. The van der Waals surface area contributed by atoms with Gasteiger partial charge in [0.15, 0.2) is 0 Å². The number of hydrogen-bond donors (Lipinski definition) is 0. The van der Waals surface area contributed by atoms with Crippen LogP contribution in [0.5, 0.6) is 5.75 Å². The molecular weight excluding hydrogens is 229 g/mol. The van der Waals surface area contributed by atoms with Crippen molar-refractivity contribution >= 4 is 5.69 Å². The number of nitro groups is 1. The van der Waals surface area contributed by atoms with Crippen LogP contribution >= 0.6 is 0 Å². The summed E-state index contributed by atoms with van der Waals surface area (Å²) in [5, 5.41) is 10.4. The molecule has 0 aromatic heterocycles. The molecule has 1 aromatic rings. The zero-order valence-electron chi connectivity index (χ0n) is 9.52. The van der Waals surface area contributed by atoms with Crippen molar-refractivity contribution in [3.63, 3.8) is 0 Å². The number of rotatable bonds is 7. The van der Waals surface area contributed by atoms with Crippen LogP contribution in [0.4, 0.5) is 10.1 Å². The summed E-state index contributed by atoms with van der Waals surface area (Å²) < 4.78 is 23.3. The molecule has 0 aliphatic heterocycles. The second-order valence-electron chi connectivity index (χ2n) is 3.42. The van der Waals surface area contributed by atoms with Crippen molar-refractivity contribution < 1.29 is 18.8 Å². The van der Waals surface area contributed by atoms with Crippen molar-refractivity contribution in [2.75, 3.05) is 20.3 Å². The van der Waals surface area contributed by atoms with Gasteiger partial charge in [-0.15, -0.1) is 0 Å². The summed E-state index contributed by atoms with van der Waals surface area (Å²) in [6.45, 7) is 1.08. The van der Waals surface area contributed by atoms with Crippen molar-refractivity contribution in [1.82, 2.24) is 0 Å². The predicted molar refractivity (Wildman–Crippen MR) is 59.7 cm³/mol. The van der Waals surface area contributed by atoms with Crippen LogP contribution in [0.1, 0.15) is 12.8 Å². The molecule has 0 amide bonds. The highest BCUT2D eigenvalue weighted by atomic mass is 19.1. The number of nitro benzene ring substituents is 1. The molecule has 0 unspecified atom stereocenters. The van der Waals surface area contributed by atoms with Gasteiger partial charge < -0.3 is 9.47 Å². The molecule has 0 atom stereocenters. The van der Waals surface area contributed by atoms with E-state index in [1.54, 1.807) is 7.11 Å². The Morgan fingerprint density at radius 2 is 2.06 bits per heavy atom. The summed E-state index contributed by atoms with van der Waals surface area (Å²) in [5.74, 6) is -0.588. The van der Waals surface area contributed by atoms with Crippen LogP contribution in [-0.4, -0.2) is 25.2 Å². The lowest BCUT2D eigenvalue weighted by Crippen LogP contribution is -2.00. The third-order valence-corrected chi connectivity index (χ3v) is 2.13. The van der Waals surface area contributed by atoms with E-state index in [1.165, 1.54) is 6.07 Å². The molecule has 1 aromatic carbocycles. The minimum absolute atomic E-state index is 0.297. The van der Waals surface area contributed by atoms with Gasteiger partial charge in [0.2, 0.25) is 5.82 Å². The summed E-state index contributed by atoms with van der Waals surface area (Å²) in [6.07, 6.45) is 1.64. The molecular formula is C11H14FNO4. The fourth-order valence-corrected chi connectivity index (χ4v) is 1.26. The average molecular weight is 243 g/mol. The van der Waals surface area contributed by atoms with Gasteiger partial charge in [-0.2, -0.15) is 4.39 Å². The van der Waals surface area contributed by atoms with E-state index in [4.69, 9.17) is 9.47 Å². The first-order chi connectivity index (χ1) is 8.15. The van der Waals surface area contributed by atoms with Crippen LogP contribution in [-0.2, 0) is 4.74 Å². The van der Waals surface area contributed by atoms with E-state index < -0.39 is 16.4 Å². The van der Waals surface area contributed by atoms with Gasteiger partial charge in [0, 0.05) is 25.8 Å². The fourth-order valence-electron chi connectivity index (χ4n) is 1.26. The maximum absolute atomic E-state index is 13.2. The fraction of sp³-hybridized carbons (Fsp3) is 0.455. The maximum atomic E-state index is 13.2. The highest BCUT2D eigenvalue weighted by molar-refractivity contribution is 5.37. The van der Waals surface area contributed by atoms with Crippen LogP contribution in [0.2, 0.25) is 0 Å². The Kier molecular flexibility index (Phi) is 5.35. The van der Waals surface area contributed by atoms with Crippen molar-refractivity contribution in [2.24, 2.45) is 0 Å². The van der Waals surface area contributed by atoms with E-state index in [2.05, 4.69) is 0 Å². The summed E-state index contributed by atoms with van der Waals surface area (Å²) in [6, 6.07) is 3.51. The molecule has 0 aliphatic carbocycles. The molecule has 17 heavy (non-hydrogen) atoms. The monoisotopic (exact) mass is 243 g/mol. The molecule has 6 heteroatoms. The Morgan fingerprint density at radius 3 is 2.65 bits per heavy atom. The Bertz CT molecular complexity index is 384. The molecule has 5 nitrogen and oxygen atoms in total. The average Bonchev–Trinajstić information content (AvgIpc) is 2.28. The molecule has 0 spiro atoms. The minimum atomic E-state index is -0.885. The Morgan fingerprint density at radius 1 is 1.35 bits per heavy atom.